The molecule has 0 aliphatic heterocycles. The zero-order valence-corrected chi connectivity index (χ0v) is 18.2. The number of nitrogens with one attached hydrogen (secondary N) is 2. The number of aryl methyl sites for hydroxylation is 3. The predicted molar refractivity (Wildman–Crippen MR) is 120 cm³/mol. The molecule has 0 unspecified atom stereocenters. The molecule has 0 radical (unpaired) electrons. The molecule has 2 aromatic heterocycles. The van der Waals surface area contributed by atoms with E-state index in [9.17, 15) is 8.42 Å². The third-order valence-corrected chi connectivity index (χ3v) is 5.97. The van der Waals surface area contributed by atoms with Crippen LogP contribution in [0.5, 0.6) is 0 Å². The summed E-state index contributed by atoms with van der Waals surface area (Å²) in [4.78, 5) is 0.229. The molecule has 0 bridgehead atoms. The zero-order valence-electron chi connectivity index (χ0n) is 17.4. The molecular formula is C22H22N6O2S. The van der Waals surface area contributed by atoms with Gasteiger partial charge in [0, 0.05) is 17.1 Å². The Labute approximate surface area is 181 Å². The number of sulfonamides is 1. The number of benzene rings is 2. The van der Waals surface area contributed by atoms with Crippen LogP contribution < -0.4 is 10.0 Å². The summed E-state index contributed by atoms with van der Waals surface area (Å²) in [6.45, 7) is 5.74. The van der Waals surface area contributed by atoms with E-state index in [-0.39, 0.29) is 4.90 Å². The highest BCUT2D eigenvalue weighted by molar-refractivity contribution is 7.92. The van der Waals surface area contributed by atoms with Gasteiger partial charge in [0.1, 0.15) is 0 Å². The average molecular weight is 435 g/mol. The summed E-state index contributed by atoms with van der Waals surface area (Å²) in [6, 6.07) is 19.3. The number of nitrogens with zero attached hydrogens (tertiary/aromatic N) is 4. The standard InChI is InChI=1S/C22H22N6O2S/c1-15-5-4-6-20(13-15)31(29,30)27-19-9-7-18(8-10-19)23-21-11-12-22(25-24-21)28-17(3)14-16(2)26-28/h4-14,27H,1-3H3,(H,23,24). The summed E-state index contributed by atoms with van der Waals surface area (Å²) in [5, 5.41) is 16.0. The molecule has 9 heteroatoms. The van der Waals surface area contributed by atoms with Crippen molar-refractivity contribution in [2.45, 2.75) is 25.7 Å². The van der Waals surface area contributed by atoms with E-state index in [2.05, 4.69) is 25.3 Å². The van der Waals surface area contributed by atoms with Crippen LogP contribution in [0.1, 0.15) is 17.0 Å². The number of hydrogen-bond acceptors (Lipinski definition) is 6. The fourth-order valence-corrected chi connectivity index (χ4v) is 4.29. The lowest BCUT2D eigenvalue weighted by Gasteiger charge is -2.10. The van der Waals surface area contributed by atoms with Crippen LogP contribution in [-0.4, -0.2) is 28.4 Å². The van der Waals surface area contributed by atoms with Crippen LogP contribution in [0.3, 0.4) is 0 Å². The molecule has 31 heavy (non-hydrogen) atoms. The largest absolute Gasteiger partial charge is 0.339 e. The third kappa shape index (κ3) is 4.72. The summed E-state index contributed by atoms with van der Waals surface area (Å²) in [7, 11) is -3.64. The van der Waals surface area contributed by atoms with Crippen LogP contribution >= 0.6 is 0 Å². The third-order valence-electron chi connectivity index (χ3n) is 4.59. The quantitative estimate of drug-likeness (QED) is 0.473. The Morgan fingerprint density at radius 1 is 0.839 bits per heavy atom. The Morgan fingerprint density at radius 2 is 1.58 bits per heavy atom. The van der Waals surface area contributed by atoms with Crippen molar-refractivity contribution in [3.8, 4) is 5.82 Å². The minimum Gasteiger partial charge on any atom is -0.339 e. The lowest BCUT2D eigenvalue weighted by molar-refractivity contribution is 0.601. The molecule has 0 aliphatic carbocycles. The van der Waals surface area contributed by atoms with Gasteiger partial charge in [-0.25, -0.2) is 13.1 Å². The van der Waals surface area contributed by atoms with Gasteiger partial charge in [-0.1, -0.05) is 12.1 Å². The topological polar surface area (TPSA) is 102 Å². The second kappa shape index (κ2) is 8.19. The second-order valence-electron chi connectivity index (χ2n) is 7.24. The van der Waals surface area contributed by atoms with Crippen LogP contribution in [0, 0.1) is 20.8 Å². The molecule has 0 amide bonds. The normalized spacial score (nSPS) is 11.3. The van der Waals surface area contributed by atoms with Crippen LogP contribution in [0.4, 0.5) is 17.2 Å². The molecule has 0 atom stereocenters. The first kappa shape index (κ1) is 20.5. The molecule has 2 heterocycles. The van der Waals surface area contributed by atoms with Crippen molar-refractivity contribution in [2.24, 2.45) is 0 Å². The van der Waals surface area contributed by atoms with Gasteiger partial charge in [-0.05, 0) is 80.9 Å². The number of aromatic nitrogens is 4. The van der Waals surface area contributed by atoms with Gasteiger partial charge in [-0.2, -0.15) is 5.10 Å². The molecule has 2 N–H and O–H groups in total. The molecule has 0 aliphatic rings. The molecule has 8 nitrogen and oxygen atoms in total. The molecule has 4 aromatic rings. The monoisotopic (exact) mass is 434 g/mol. The fraction of sp³-hybridized carbons (Fsp3) is 0.136. The maximum absolute atomic E-state index is 12.6. The Balaban J connectivity index is 1.44. The maximum Gasteiger partial charge on any atom is 0.261 e. The van der Waals surface area contributed by atoms with Gasteiger partial charge in [0.15, 0.2) is 11.6 Å². The van der Waals surface area contributed by atoms with Gasteiger partial charge in [0.25, 0.3) is 10.0 Å². The molecule has 0 spiro atoms. The van der Waals surface area contributed by atoms with E-state index in [1.54, 1.807) is 47.1 Å². The van der Waals surface area contributed by atoms with Gasteiger partial charge in [-0.15, -0.1) is 10.2 Å². The van der Waals surface area contributed by atoms with Crippen molar-refractivity contribution in [1.82, 2.24) is 20.0 Å². The first-order valence-electron chi connectivity index (χ1n) is 9.64. The Kier molecular flexibility index (Phi) is 5.43. The second-order valence-corrected chi connectivity index (χ2v) is 8.92. The molecule has 0 fully saturated rings. The molecule has 2 aromatic carbocycles. The Hall–Kier alpha value is -3.72. The minimum atomic E-state index is -3.64. The van der Waals surface area contributed by atoms with E-state index < -0.39 is 10.0 Å². The van der Waals surface area contributed by atoms with E-state index in [1.165, 1.54) is 0 Å². The van der Waals surface area contributed by atoms with E-state index in [0.29, 0.717) is 17.3 Å². The lowest BCUT2D eigenvalue weighted by atomic mass is 10.2. The summed E-state index contributed by atoms with van der Waals surface area (Å²) in [6.07, 6.45) is 0. The van der Waals surface area contributed by atoms with E-state index in [1.807, 2.05) is 45.0 Å². The molecule has 4 rings (SSSR count). The van der Waals surface area contributed by atoms with Gasteiger partial charge in [0.05, 0.1) is 10.6 Å². The predicted octanol–water partition coefficient (Wildman–Crippen LogP) is 4.13. The zero-order chi connectivity index (χ0) is 22.0. The van der Waals surface area contributed by atoms with E-state index >= 15 is 0 Å². The van der Waals surface area contributed by atoms with Crippen molar-refractivity contribution in [1.29, 1.82) is 0 Å². The Bertz CT molecular complexity index is 1310. The van der Waals surface area contributed by atoms with Gasteiger partial charge in [0.2, 0.25) is 0 Å². The van der Waals surface area contributed by atoms with E-state index in [0.717, 1.165) is 22.6 Å². The first-order chi connectivity index (χ1) is 14.8. The minimum absolute atomic E-state index is 0.229. The highest BCUT2D eigenvalue weighted by Gasteiger charge is 2.14. The fourth-order valence-electron chi connectivity index (χ4n) is 3.13. The van der Waals surface area contributed by atoms with Crippen LogP contribution in [0.2, 0.25) is 0 Å². The molecule has 0 saturated heterocycles. The van der Waals surface area contributed by atoms with Crippen LogP contribution in [0.25, 0.3) is 5.82 Å². The van der Waals surface area contributed by atoms with Crippen molar-refractivity contribution < 1.29 is 8.42 Å². The highest BCUT2D eigenvalue weighted by atomic mass is 32.2. The number of anilines is 3. The van der Waals surface area contributed by atoms with Crippen molar-refractivity contribution in [2.75, 3.05) is 10.0 Å². The SMILES string of the molecule is Cc1cccc(S(=O)(=O)Nc2ccc(Nc3ccc(-n4nc(C)cc4C)nn3)cc2)c1. The maximum atomic E-state index is 12.6. The highest BCUT2D eigenvalue weighted by Crippen LogP contribution is 2.21. The van der Waals surface area contributed by atoms with Crippen molar-refractivity contribution in [3.63, 3.8) is 0 Å². The molecule has 158 valence electrons. The van der Waals surface area contributed by atoms with Crippen molar-refractivity contribution >= 4 is 27.2 Å². The van der Waals surface area contributed by atoms with Crippen LogP contribution in [-0.2, 0) is 10.0 Å². The lowest BCUT2D eigenvalue weighted by Crippen LogP contribution is -2.13. The molecule has 0 saturated carbocycles. The smallest absolute Gasteiger partial charge is 0.261 e. The Morgan fingerprint density at radius 3 is 2.19 bits per heavy atom. The van der Waals surface area contributed by atoms with Crippen LogP contribution in [0.15, 0.2) is 71.6 Å². The van der Waals surface area contributed by atoms with Gasteiger partial charge >= 0.3 is 0 Å². The number of hydrogen-bond donors (Lipinski definition) is 2. The summed E-state index contributed by atoms with van der Waals surface area (Å²) < 4.78 is 29.4. The number of rotatable bonds is 6. The van der Waals surface area contributed by atoms with E-state index in [4.69, 9.17) is 0 Å². The van der Waals surface area contributed by atoms with Gasteiger partial charge < -0.3 is 5.32 Å². The summed E-state index contributed by atoms with van der Waals surface area (Å²) in [5.74, 6) is 1.20. The summed E-state index contributed by atoms with van der Waals surface area (Å²) >= 11 is 0. The first-order valence-corrected chi connectivity index (χ1v) is 11.1. The van der Waals surface area contributed by atoms with Gasteiger partial charge in [-0.3, -0.25) is 4.72 Å². The molecular weight excluding hydrogens is 412 g/mol. The average Bonchev–Trinajstić information content (AvgIpc) is 3.08. The summed E-state index contributed by atoms with van der Waals surface area (Å²) in [5.41, 5.74) is 4.01. The van der Waals surface area contributed by atoms with Crippen molar-refractivity contribution in [3.05, 3.63) is 83.7 Å².